The summed E-state index contributed by atoms with van der Waals surface area (Å²) in [4.78, 5) is 0. The average molecular weight is 1850 g/mol. The Kier molecular flexibility index (Phi) is 22.6. The van der Waals surface area contributed by atoms with Gasteiger partial charge in [-0.2, -0.15) is 0 Å². The maximum Gasteiger partial charge on any atom is 0.174 e. The number of aromatic nitrogens is 2. The molecule has 648 valence electrons. The van der Waals surface area contributed by atoms with Crippen LogP contribution in [-0.2, 0) is 27.4 Å². The van der Waals surface area contributed by atoms with E-state index < -0.39 is 42.9 Å². The molecule has 0 aliphatic rings. The summed E-state index contributed by atoms with van der Waals surface area (Å²) >= 11 is 0. The molecule has 0 saturated carbocycles. The zero-order valence-electron chi connectivity index (χ0n) is 73.1. The van der Waals surface area contributed by atoms with Gasteiger partial charge in [0.2, 0.25) is 0 Å². The van der Waals surface area contributed by atoms with Crippen molar-refractivity contribution in [3.05, 3.63) is 522 Å². The SMILES string of the molecule is O=P(c1ccccc1)(c1ccccc1)c1cc(-n2c3ccccc3c3ccccc32)cc(P(=O)(c2ccccc2)c2cccc(-c3cccc(P(=O)(c4ccccc4)c4ccc5c(c4)c4cc(P(=O)(c6ccccc6)c6cccc(-c7ccc(P(=O)(c8ccccc8)c8ccccc8Oc8ccccc8P(=O)(c8ccccc8)c8ccccc8)cc7)c6)ccc4n5-c4ccccc4)c3)c2)c1. The standard InChI is InChI=1S/C120H86N2O7P6/c123-130(93-44-12-2-13-45-93,94-46-14-3-15-47-94)107-82-92(122-113-65-30-28-63-109(113)110-64-29-31-66-114(110)122)83-108(84-107)133(126,97-52-20-6-21-53-97)104-62-38-41-90(81-104)89-40-37-61-103(80-89)132(125,96-50-18-5-19-51-96)106-76-78-116-112(86-106)111-85-105(75-77-115(111)121(116)91-42-10-1-11-43-91)131(124,95-48-16-4-17-49-95)102-60-36-39-88(79-102)87-71-73-101(74-72-87)135(128,100-58-26-9-27-59-100)120-70-35-33-68-118(120)129-117-67-32-34-69-119(117)134(127,98-54-22-7-23-55-98)99-56-24-8-25-57-99/h1-86H. The third-order valence-electron chi connectivity index (χ3n) is 26.0. The molecule has 0 amide bonds. The number of nitrogens with zero attached hydrogens (tertiary/aromatic N) is 2. The fourth-order valence-electron chi connectivity index (χ4n) is 19.5. The van der Waals surface area contributed by atoms with Crippen LogP contribution in [-0.4, -0.2) is 9.13 Å². The Morgan fingerprint density at radius 2 is 0.393 bits per heavy atom. The maximum absolute atomic E-state index is 17.8. The van der Waals surface area contributed by atoms with Crippen molar-refractivity contribution in [1.29, 1.82) is 0 Å². The van der Waals surface area contributed by atoms with Crippen molar-refractivity contribution in [2.45, 2.75) is 0 Å². The number of para-hydroxylation sites is 5. The minimum Gasteiger partial charge on any atom is -0.456 e. The summed E-state index contributed by atoms with van der Waals surface area (Å²) in [6, 6.07) is 168. The number of rotatable bonds is 24. The van der Waals surface area contributed by atoms with Gasteiger partial charge in [0.1, 0.15) is 11.5 Å². The molecule has 4 unspecified atom stereocenters. The van der Waals surface area contributed by atoms with Crippen LogP contribution >= 0.6 is 42.9 Å². The third kappa shape index (κ3) is 14.9. The normalized spacial score (nSPS) is 13.6. The molecule has 2 heterocycles. The molecule has 20 aromatic carbocycles. The first-order valence-electron chi connectivity index (χ1n) is 44.9. The monoisotopic (exact) mass is 1850 g/mol. The predicted octanol–water partition coefficient (Wildman–Crippen LogP) is 22.8. The van der Waals surface area contributed by atoms with Crippen LogP contribution in [0.4, 0.5) is 0 Å². The molecule has 0 N–H and O–H groups in total. The van der Waals surface area contributed by atoms with E-state index >= 15 is 27.4 Å². The summed E-state index contributed by atoms with van der Waals surface area (Å²) in [7, 11) is -22.8. The van der Waals surface area contributed by atoms with Crippen LogP contribution in [0.2, 0.25) is 0 Å². The number of hydrogen-bond acceptors (Lipinski definition) is 7. The molecule has 4 atom stereocenters. The highest BCUT2D eigenvalue weighted by molar-refractivity contribution is 7.88. The van der Waals surface area contributed by atoms with Crippen LogP contribution in [0, 0.1) is 0 Å². The number of benzene rings is 20. The maximum atomic E-state index is 17.8. The Morgan fingerprint density at radius 3 is 0.748 bits per heavy atom. The molecule has 135 heavy (non-hydrogen) atoms. The Labute approximate surface area is 784 Å². The summed E-state index contributed by atoms with van der Waals surface area (Å²) in [5.41, 5.74) is 8.32. The van der Waals surface area contributed by atoms with E-state index in [1.54, 1.807) is 0 Å². The largest absolute Gasteiger partial charge is 0.456 e. The first-order valence-corrected chi connectivity index (χ1v) is 55.1. The lowest BCUT2D eigenvalue weighted by atomic mass is 10.1. The lowest BCUT2D eigenvalue weighted by Crippen LogP contribution is -2.31. The van der Waals surface area contributed by atoms with Crippen LogP contribution in [0.1, 0.15) is 0 Å². The smallest absolute Gasteiger partial charge is 0.174 e. The van der Waals surface area contributed by atoms with Gasteiger partial charge in [-0.05, 0) is 144 Å². The van der Waals surface area contributed by atoms with E-state index in [0.717, 1.165) is 71.6 Å². The van der Waals surface area contributed by atoms with Crippen LogP contribution in [0.25, 0.3) is 77.2 Å². The van der Waals surface area contributed by atoms with Gasteiger partial charge >= 0.3 is 0 Å². The molecular weight excluding hydrogens is 1770 g/mol. The van der Waals surface area contributed by atoms with Gasteiger partial charge in [0, 0.05) is 118 Å². The molecule has 22 rings (SSSR count). The first-order chi connectivity index (χ1) is 66.2. The van der Waals surface area contributed by atoms with Gasteiger partial charge in [-0.3, -0.25) is 0 Å². The van der Waals surface area contributed by atoms with Crippen LogP contribution in [0.3, 0.4) is 0 Å². The fraction of sp³-hybridized carbons (Fsp3) is 0. The molecule has 0 bridgehead atoms. The molecular formula is C120H86N2O7P6. The Balaban J connectivity index is 0.649. The number of hydrogen-bond donors (Lipinski definition) is 0. The van der Waals surface area contributed by atoms with E-state index in [1.807, 2.05) is 461 Å². The summed E-state index contributed by atoms with van der Waals surface area (Å²) in [5.74, 6) is 0.737. The number of ether oxygens (including phenoxy) is 1. The van der Waals surface area contributed by atoms with Gasteiger partial charge in [0.05, 0.1) is 32.7 Å². The molecule has 15 heteroatoms. The fourth-order valence-corrected chi connectivity index (χ4v) is 36.0. The summed E-state index contributed by atoms with van der Waals surface area (Å²) < 4.78 is 114. The second kappa shape index (κ2) is 35.6. The van der Waals surface area contributed by atoms with Gasteiger partial charge in [0.15, 0.2) is 42.9 Å². The molecule has 0 aliphatic carbocycles. The Morgan fingerprint density at radius 1 is 0.148 bits per heavy atom. The van der Waals surface area contributed by atoms with Gasteiger partial charge in [-0.25, -0.2) is 0 Å². The van der Waals surface area contributed by atoms with Gasteiger partial charge in [0.25, 0.3) is 0 Å². The van der Waals surface area contributed by atoms with E-state index in [0.29, 0.717) is 113 Å². The second-order valence-electron chi connectivity index (χ2n) is 33.7. The highest BCUT2D eigenvalue weighted by Crippen LogP contribution is 2.54. The molecule has 22 aromatic rings. The van der Waals surface area contributed by atoms with E-state index in [4.69, 9.17) is 4.74 Å². The zero-order valence-corrected chi connectivity index (χ0v) is 78.5. The lowest BCUT2D eigenvalue weighted by Gasteiger charge is -2.26. The molecule has 0 saturated heterocycles. The molecule has 0 fully saturated rings. The lowest BCUT2D eigenvalue weighted by molar-refractivity contribution is 0.489. The first kappa shape index (κ1) is 85.6. The van der Waals surface area contributed by atoms with Crippen molar-refractivity contribution < 1.29 is 32.1 Å². The van der Waals surface area contributed by atoms with E-state index in [-0.39, 0.29) is 0 Å². The highest BCUT2D eigenvalue weighted by Gasteiger charge is 2.41. The quantitative estimate of drug-likeness (QED) is 0.0552. The van der Waals surface area contributed by atoms with Gasteiger partial charge < -0.3 is 41.3 Å². The number of fused-ring (bicyclic) bond motifs is 6. The third-order valence-corrected chi connectivity index (χ3v) is 44.4. The van der Waals surface area contributed by atoms with Crippen LogP contribution in [0.15, 0.2) is 522 Å². The molecule has 0 radical (unpaired) electrons. The summed E-state index contributed by atoms with van der Waals surface area (Å²) in [6.07, 6.45) is 0. The average Bonchev–Trinajstić information content (AvgIpc) is 1.41. The molecule has 0 spiro atoms. The van der Waals surface area contributed by atoms with Crippen molar-refractivity contribution in [3.63, 3.8) is 0 Å². The topological polar surface area (TPSA) is 122 Å². The van der Waals surface area contributed by atoms with Crippen LogP contribution in [0.5, 0.6) is 11.5 Å². The van der Waals surface area contributed by atoms with Crippen molar-refractivity contribution >= 4 is 182 Å². The minimum absolute atomic E-state index is 0.358. The van der Waals surface area contributed by atoms with Crippen molar-refractivity contribution in [2.24, 2.45) is 0 Å². The highest BCUT2D eigenvalue weighted by atomic mass is 31.2. The zero-order chi connectivity index (χ0) is 91.3. The van der Waals surface area contributed by atoms with Crippen molar-refractivity contribution in [1.82, 2.24) is 9.13 Å². The van der Waals surface area contributed by atoms with E-state index in [1.165, 1.54) is 0 Å². The molecule has 0 aliphatic heterocycles. The summed E-state index contributed by atoms with van der Waals surface area (Å²) in [5, 5.41) is 14.2. The Bertz CT molecular complexity index is 8450. The summed E-state index contributed by atoms with van der Waals surface area (Å²) in [6.45, 7) is 0. The molecule has 2 aromatic heterocycles. The van der Waals surface area contributed by atoms with Crippen molar-refractivity contribution in [3.8, 4) is 45.1 Å². The van der Waals surface area contributed by atoms with Crippen LogP contribution < -0.4 is 100 Å². The Hall–Kier alpha value is -14.8. The molecule has 9 nitrogen and oxygen atoms in total. The predicted molar refractivity (Wildman–Crippen MR) is 569 cm³/mol. The van der Waals surface area contributed by atoms with Crippen molar-refractivity contribution in [2.75, 3.05) is 0 Å². The minimum atomic E-state index is -3.99. The van der Waals surface area contributed by atoms with Gasteiger partial charge in [-0.15, -0.1) is 0 Å². The van der Waals surface area contributed by atoms with Gasteiger partial charge in [-0.1, -0.05) is 400 Å². The second-order valence-corrected chi connectivity index (χ2v) is 50.3. The van der Waals surface area contributed by atoms with E-state index in [2.05, 4.69) is 69.8 Å². The van der Waals surface area contributed by atoms with E-state index in [9.17, 15) is 0 Å².